The summed E-state index contributed by atoms with van der Waals surface area (Å²) in [7, 11) is 0. The van der Waals surface area contributed by atoms with Gasteiger partial charge in [0.15, 0.2) is 0 Å². The summed E-state index contributed by atoms with van der Waals surface area (Å²) >= 11 is 0. The second-order valence-corrected chi connectivity index (χ2v) is 5.08. The van der Waals surface area contributed by atoms with E-state index in [4.69, 9.17) is 9.47 Å². The van der Waals surface area contributed by atoms with Gasteiger partial charge in [-0.15, -0.1) is 12.4 Å². The lowest BCUT2D eigenvalue weighted by atomic mass is 10.2. The van der Waals surface area contributed by atoms with Gasteiger partial charge >= 0.3 is 0 Å². The molecule has 1 atom stereocenters. The zero-order valence-electron chi connectivity index (χ0n) is 12.5. The molecule has 0 saturated heterocycles. The van der Waals surface area contributed by atoms with Gasteiger partial charge in [0.2, 0.25) is 0 Å². The van der Waals surface area contributed by atoms with E-state index < -0.39 is 6.10 Å². The predicted molar refractivity (Wildman–Crippen MR) is 83.7 cm³/mol. The molecular weight excluding hydrogens is 297 g/mol. The van der Waals surface area contributed by atoms with E-state index in [1.54, 1.807) is 12.1 Å². The standard InChI is InChI=1S/C15H24FNO3.ClH/c1-12(2)9-17-10-14(18)11-19-7-8-20-15-5-3-13(16)4-6-15;/h3-6,12,14,17-18H,7-11H2,1-2H3;1H. The van der Waals surface area contributed by atoms with Crippen molar-refractivity contribution in [3.05, 3.63) is 30.1 Å². The third kappa shape index (κ3) is 10.5. The van der Waals surface area contributed by atoms with E-state index in [-0.39, 0.29) is 24.8 Å². The van der Waals surface area contributed by atoms with Crippen LogP contribution in [-0.2, 0) is 4.74 Å². The fraction of sp³-hybridized carbons (Fsp3) is 0.600. The number of aliphatic hydroxyl groups excluding tert-OH is 1. The van der Waals surface area contributed by atoms with Gasteiger partial charge in [-0.25, -0.2) is 4.39 Å². The number of halogens is 2. The summed E-state index contributed by atoms with van der Waals surface area (Å²) < 4.78 is 23.3. The largest absolute Gasteiger partial charge is 0.491 e. The van der Waals surface area contributed by atoms with E-state index in [0.717, 1.165) is 6.54 Å². The van der Waals surface area contributed by atoms with Gasteiger partial charge in [-0.2, -0.15) is 0 Å². The van der Waals surface area contributed by atoms with Crippen molar-refractivity contribution in [1.82, 2.24) is 5.32 Å². The maximum Gasteiger partial charge on any atom is 0.123 e. The Kier molecular flexibility index (Phi) is 11.3. The highest BCUT2D eigenvalue weighted by Gasteiger charge is 2.04. The molecule has 6 heteroatoms. The molecule has 21 heavy (non-hydrogen) atoms. The minimum atomic E-state index is -0.514. The lowest BCUT2D eigenvalue weighted by Gasteiger charge is -2.13. The van der Waals surface area contributed by atoms with E-state index in [1.165, 1.54) is 12.1 Å². The number of benzene rings is 1. The average molecular weight is 322 g/mol. The Morgan fingerprint density at radius 3 is 2.43 bits per heavy atom. The van der Waals surface area contributed by atoms with Gasteiger partial charge < -0.3 is 19.9 Å². The summed E-state index contributed by atoms with van der Waals surface area (Å²) in [4.78, 5) is 0. The van der Waals surface area contributed by atoms with Crippen LogP contribution in [0.1, 0.15) is 13.8 Å². The van der Waals surface area contributed by atoms with Crippen molar-refractivity contribution in [2.24, 2.45) is 5.92 Å². The van der Waals surface area contributed by atoms with Crippen molar-refractivity contribution in [2.75, 3.05) is 32.9 Å². The molecule has 1 rings (SSSR count). The first kappa shape index (κ1) is 20.1. The zero-order chi connectivity index (χ0) is 14.8. The van der Waals surface area contributed by atoms with Crippen LogP contribution in [0.3, 0.4) is 0 Å². The highest BCUT2D eigenvalue weighted by molar-refractivity contribution is 5.85. The summed E-state index contributed by atoms with van der Waals surface area (Å²) in [5.74, 6) is 0.881. The monoisotopic (exact) mass is 321 g/mol. The Hall–Kier alpha value is -0.880. The molecule has 122 valence electrons. The highest BCUT2D eigenvalue weighted by Crippen LogP contribution is 2.10. The Balaban J connectivity index is 0.00000400. The molecule has 1 aromatic carbocycles. The summed E-state index contributed by atoms with van der Waals surface area (Å²) in [5, 5.41) is 12.8. The molecule has 0 radical (unpaired) electrons. The van der Waals surface area contributed by atoms with Crippen molar-refractivity contribution < 1.29 is 19.0 Å². The molecule has 0 amide bonds. The maximum absolute atomic E-state index is 12.7. The number of ether oxygens (including phenoxy) is 2. The van der Waals surface area contributed by atoms with Crippen LogP contribution >= 0.6 is 12.4 Å². The molecule has 0 spiro atoms. The molecule has 0 bridgehead atoms. The van der Waals surface area contributed by atoms with Crippen molar-refractivity contribution in [3.8, 4) is 5.75 Å². The molecule has 0 aliphatic carbocycles. The Morgan fingerprint density at radius 1 is 1.14 bits per heavy atom. The molecule has 1 aromatic rings. The second-order valence-electron chi connectivity index (χ2n) is 5.08. The molecule has 0 saturated carbocycles. The normalized spacial score (nSPS) is 12.0. The van der Waals surface area contributed by atoms with Crippen LogP contribution in [-0.4, -0.2) is 44.1 Å². The van der Waals surface area contributed by atoms with Gasteiger partial charge in [0, 0.05) is 6.54 Å². The summed E-state index contributed by atoms with van der Waals surface area (Å²) in [5.41, 5.74) is 0. The van der Waals surface area contributed by atoms with Crippen molar-refractivity contribution in [2.45, 2.75) is 20.0 Å². The SMILES string of the molecule is CC(C)CNCC(O)COCCOc1ccc(F)cc1.Cl. The summed E-state index contributed by atoms with van der Waals surface area (Å²) in [6, 6.07) is 5.83. The zero-order valence-corrected chi connectivity index (χ0v) is 13.4. The molecule has 0 heterocycles. The number of hydrogen-bond donors (Lipinski definition) is 2. The van der Waals surface area contributed by atoms with Gasteiger partial charge in [0.05, 0.1) is 19.3 Å². The molecule has 0 aliphatic heterocycles. The van der Waals surface area contributed by atoms with Gasteiger partial charge in [-0.3, -0.25) is 0 Å². The molecule has 0 aromatic heterocycles. The first-order valence-electron chi connectivity index (χ1n) is 6.93. The quantitative estimate of drug-likeness (QED) is 0.649. The van der Waals surface area contributed by atoms with Crippen LogP contribution in [0.5, 0.6) is 5.75 Å². The fourth-order valence-corrected chi connectivity index (χ4v) is 1.57. The van der Waals surface area contributed by atoms with Gasteiger partial charge in [-0.1, -0.05) is 13.8 Å². The van der Waals surface area contributed by atoms with E-state index in [2.05, 4.69) is 19.2 Å². The first-order chi connectivity index (χ1) is 9.58. The molecule has 0 fully saturated rings. The van der Waals surface area contributed by atoms with E-state index >= 15 is 0 Å². The van der Waals surface area contributed by atoms with Crippen molar-refractivity contribution >= 4 is 12.4 Å². The maximum atomic E-state index is 12.7. The highest BCUT2D eigenvalue weighted by atomic mass is 35.5. The number of rotatable bonds is 10. The topological polar surface area (TPSA) is 50.7 Å². The Bertz CT molecular complexity index is 362. The molecular formula is C15H25ClFNO3. The van der Waals surface area contributed by atoms with Gasteiger partial charge in [0.1, 0.15) is 18.2 Å². The second kappa shape index (κ2) is 11.7. The lowest BCUT2D eigenvalue weighted by Crippen LogP contribution is -2.32. The summed E-state index contributed by atoms with van der Waals surface area (Å²) in [6.07, 6.45) is -0.514. The fourth-order valence-electron chi connectivity index (χ4n) is 1.57. The molecule has 0 aliphatic rings. The van der Waals surface area contributed by atoms with Crippen LogP contribution < -0.4 is 10.1 Å². The first-order valence-corrected chi connectivity index (χ1v) is 6.93. The van der Waals surface area contributed by atoms with Gasteiger partial charge in [-0.05, 0) is 36.7 Å². The smallest absolute Gasteiger partial charge is 0.123 e. The van der Waals surface area contributed by atoms with Crippen LogP contribution in [0, 0.1) is 11.7 Å². The predicted octanol–water partition coefficient (Wildman–Crippen LogP) is 2.25. The molecule has 4 nitrogen and oxygen atoms in total. The van der Waals surface area contributed by atoms with E-state index in [0.29, 0.717) is 31.4 Å². The third-order valence-corrected chi connectivity index (χ3v) is 2.55. The van der Waals surface area contributed by atoms with E-state index in [9.17, 15) is 9.50 Å². The minimum Gasteiger partial charge on any atom is -0.491 e. The number of nitrogens with one attached hydrogen (secondary N) is 1. The van der Waals surface area contributed by atoms with Crippen LogP contribution in [0.4, 0.5) is 4.39 Å². The minimum absolute atomic E-state index is 0. The molecule has 2 N–H and O–H groups in total. The van der Waals surface area contributed by atoms with Crippen LogP contribution in [0.25, 0.3) is 0 Å². The van der Waals surface area contributed by atoms with Gasteiger partial charge in [0.25, 0.3) is 0 Å². The van der Waals surface area contributed by atoms with Crippen molar-refractivity contribution in [1.29, 1.82) is 0 Å². The Morgan fingerprint density at radius 2 is 1.81 bits per heavy atom. The Labute approximate surface area is 132 Å². The van der Waals surface area contributed by atoms with Crippen LogP contribution in [0.15, 0.2) is 24.3 Å². The van der Waals surface area contributed by atoms with Crippen LogP contribution in [0.2, 0.25) is 0 Å². The summed E-state index contributed by atoms with van der Waals surface area (Å²) in [6.45, 7) is 6.67. The average Bonchev–Trinajstić information content (AvgIpc) is 2.40. The lowest BCUT2D eigenvalue weighted by molar-refractivity contribution is 0.0249. The number of aliphatic hydroxyl groups is 1. The molecule has 1 unspecified atom stereocenters. The van der Waals surface area contributed by atoms with Crippen molar-refractivity contribution in [3.63, 3.8) is 0 Å². The third-order valence-electron chi connectivity index (χ3n) is 2.55. The number of hydrogen-bond acceptors (Lipinski definition) is 4. The van der Waals surface area contributed by atoms with E-state index in [1.807, 2.05) is 0 Å².